The van der Waals surface area contributed by atoms with E-state index in [-0.39, 0.29) is 5.91 Å². The summed E-state index contributed by atoms with van der Waals surface area (Å²) >= 11 is 0. The lowest BCUT2D eigenvalue weighted by atomic mass is 10.0. The van der Waals surface area contributed by atoms with E-state index in [1.807, 2.05) is 42.2 Å². The summed E-state index contributed by atoms with van der Waals surface area (Å²) in [5.41, 5.74) is 2.59. The lowest BCUT2D eigenvalue weighted by Gasteiger charge is -2.35. The highest BCUT2D eigenvalue weighted by Gasteiger charge is 2.25. The van der Waals surface area contributed by atoms with E-state index in [0.717, 1.165) is 46.4 Å². The molecule has 0 aliphatic carbocycles. The van der Waals surface area contributed by atoms with Gasteiger partial charge in [0, 0.05) is 37.6 Å². The number of rotatable bonds is 7. The Kier molecular flexibility index (Phi) is 7.25. The quantitative estimate of drug-likeness (QED) is 0.346. The van der Waals surface area contributed by atoms with Crippen LogP contribution in [0.5, 0.6) is 17.5 Å². The molecule has 2 aromatic heterocycles. The van der Waals surface area contributed by atoms with Gasteiger partial charge in [-0.3, -0.25) is 9.89 Å². The molecular weight excluding hydrogens is 506 g/mol. The Morgan fingerprint density at radius 2 is 1.95 bits per heavy atom. The number of likely N-dealkylation sites (tertiary alicyclic amines) is 1. The molecular formula is C30H35N7O3. The third-order valence-corrected chi connectivity index (χ3v) is 8.02. The molecule has 1 N–H and O–H groups in total. The number of benzene rings is 2. The van der Waals surface area contributed by atoms with Crippen molar-refractivity contribution in [2.24, 2.45) is 0 Å². The van der Waals surface area contributed by atoms with Crippen LogP contribution in [0.25, 0.3) is 21.8 Å². The van der Waals surface area contributed by atoms with Gasteiger partial charge in [-0.1, -0.05) is 25.1 Å². The van der Waals surface area contributed by atoms with Gasteiger partial charge < -0.3 is 24.2 Å². The van der Waals surface area contributed by atoms with Gasteiger partial charge >= 0.3 is 6.01 Å². The standard InChI is InChI=1S/C30H35N7O3/c1-4-26(38)36-14-16-37(17-15-36)29-22-9-7-10-25(40-28-20(2)11-12-24-23(28)18-31-34-24)27(22)32-30(33-29)39-19-21-8-5-6-13-35(21)3/h4,7,9-12,18,21H,1,5-6,8,13-17,19H2,2-3H3,(H,31,34). The molecule has 1 unspecified atom stereocenters. The number of likely N-dealkylation sites (N-methyl/N-ethyl adjacent to an activating group) is 1. The van der Waals surface area contributed by atoms with Gasteiger partial charge in [0.15, 0.2) is 5.75 Å². The van der Waals surface area contributed by atoms with E-state index in [1.165, 1.54) is 18.9 Å². The van der Waals surface area contributed by atoms with Crippen LogP contribution in [0.3, 0.4) is 0 Å². The number of nitrogens with one attached hydrogen (secondary N) is 1. The van der Waals surface area contributed by atoms with Crippen LogP contribution in [-0.4, -0.2) is 88.3 Å². The number of aromatic amines is 1. The van der Waals surface area contributed by atoms with Crippen molar-refractivity contribution in [3.05, 3.63) is 54.7 Å². The first-order valence-electron chi connectivity index (χ1n) is 13.9. The first-order valence-corrected chi connectivity index (χ1v) is 13.9. The summed E-state index contributed by atoms with van der Waals surface area (Å²) in [6.45, 7) is 9.73. The summed E-state index contributed by atoms with van der Waals surface area (Å²) in [4.78, 5) is 28.3. The van der Waals surface area contributed by atoms with Crippen LogP contribution in [0.2, 0.25) is 0 Å². The molecule has 2 fully saturated rings. The van der Waals surface area contributed by atoms with Gasteiger partial charge in [-0.15, -0.1) is 0 Å². The lowest BCUT2D eigenvalue weighted by Crippen LogP contribution is -2.48. The minimum absolute atomic E-state index is 0.0488. The Morgan fingerprint density at radius 1 is 1.10 bits per heavy atom. The average Bonchev–Trinajstić information content (AvgIpc) is 3.47. The van der Waals surface area contributed by atoms with Crippen molar-refractivity contribution in [3.8, 4) is 17.5 Å². The number of nitrogens with zero attached hydrogens (tertiary/aromatic N) is 6. The second-order valence-corrected chi connectivity index (χ2v) is 10.6. The first kappa shape index (κ1) is 26.1. The van der Waals surface area contributed by atoms with Crippen LogP contribution in [0.4, 0.5) is 5.82 Å². The van der Waals surface area contributed by atoms with Gasteiger partial charge in [0.05, 0.1) is 17.1 Å². The maximum absolute atomic E-state index is 12.2. The van der Waals surface area contributed by atoms with Crippen molar-refractivity contribution in [2.75, 3.05) is 51.3 Å². The molecule has 40 heavy (non-hydrogen) atoms. The number of amides is 1. The Morgan fingerprint density at radius 3 is 2.75 bits per heavy atom. The molecule has 4 aromatic rings. The molecule has 0 saturated carbocycles. The van der Waals surface area contributed by atoms with Gasteiger partial charge in [-0.2, -0.15) is 15.1 Å². The van der Waals surface area contributed by atoms with Crippen LogP contribution in [-0.2, 0) is 4.79 Å². The molecule has 1 atom stereocenters. The van der Waals surface area contributed by atoms with E-state index >= 15 is 0 Å². The Bertz CT molecular complexity index is 1540. The van der Waals surface area contributed by atoms with Crippen molar-refractivity contribution < 1.29 is 14.3 Å². The van der Waals surface area contributed by atoms with Crippen molar-refractivity contribution >= 4 is 33.5 Å². The van der Waals surface area contributed by atoms with Crippen LogP contribution < -0.4 is 14.4 Å². The third kappa shape index (κ3) is 5.06. The number of aromatic nitrogens is 4. The van der Waals surface area contributed by atoms with Crippen LogP contribution in [0.15, 0.2) is 49.2 Å². The smallest absolute Gasteiger partial charge is 0.319 e. The summed E-state index contributed by atoms with van der Waals surface area (Å²) in [6.07, 6.45) is 6.66. The van der Waals surface area contributed by atoms with Gasteiger partial charge in [0.2, 0.25) is 5.91 Å². The van der Waals surface area contributed by atoms with Crippen molar-refractivity contribution in [1.82, 2.24) is 30.0 Å². The van der Waals surface area contributed by atoms with E-state index in [1.54, 1.807) is 6.20 Å². The maximum atomic E-state index is 12.2. The molecule has 0 bridgehead atoms. The van der Waals surface area contributed by atoms with Crippen molar-refractivity contribution in [2.45, 2.75) is 32.2 Å². The SMILES string of the molecule is C=CC(=O)N1CCN(c2nc(OCC3CCCCN3C)nc3c(Oc4c(C)ccc5[nH]ncc45)cccc23)CC1. The molecule has 2 aliphatic heterocycles. The number of carbonyl (C=O) groups excluding carboxylic acids is 1. The molecule has 2 saturated heterocycles. The largest absolute Gasteiger partial charge is 0.462 e. The summed E-state index contributed by atoms with van der Waals surface area (Å²) in [6, 6.07) is 10.6. The fourth-order valence-electron chi connectivity index (χ4n) is 5.62. The van der Waals surface area contributed by atoms with Crippen LogP contribution in [0, 0.1) is 6.92 Å². The molecule has 2 aromatic carbocycles. The molecule has 4 heterocycles. The molecule has 6 rings (SSSR count). The van der Waals surface area contributed by atoms with E-state index in [4.69, 9.17) is 19.4 Å². The minimum atomic E-state index is -0.0488. The highest BCUT2D eigenvalue weighted by Crippen LogP contribution is 2.38. The normalized spacial score (nSPS) is 18.3. The second kappa shape index (κ2) is 11.1. The zero-order chi connectivity index (χ0) is 27.6. The van der Waals surface area contributed by atoms with E-state index in [9.17, 15) is 4.79 Å². The molecule has 1 amide bonds. The zero-order valence-electron chi connectivity index (χ0n) is 23.1. The predicted molar refractivity (Wildman–Crippen MR) is 155 cm³/mol. The maximum Gasteiger partial charge on any atom is 0.319 e. The van der Waals surface area contributed by atoms with E-state index in [2.05, 4.69) is 33.6 Å². The monoisotopic (exact) mass is 541 g/mol. The van der Waals surface area contributed by atoms with Gasteiger partial charge in [0.25, 0.3) is 0 Å². The fraction of sp³-hybridized carbons (Fsp3) is 0.400. The highest BCUT2D eigenvalue weighted by molar-refractivity contribution is 5.95. The summed E-state index contributed by atoms with van der Waals surface area (Å²) in [7, 11) is 2.15. The summed E-state index contributed by atoms with van der Waals surface area (Å²) in [5.74, 6) is 2.10. The molecule has 0 radical (unpaired) electrons. The van der Waals surface area contributed by atoms with Crippen molar-refractivity contribution in [3.63, 3.8) is 0 Å². The van der Waals surface area contributed by atoms with Crippen molar-refractivity contribution in [1.29, 1.82) is 0 Å². The number of piperazine rings is 1. The molecule has 10 heteroatoms. The first-order chi connectivity index (χ1) is 19.5. The minimum Gasteiger partial charge on any atom is -0.462 e. The Balaban J connectivity index is 1.38. The van der Waals surface area contributed by atoms with Gasteiger partial charge in [0.1, 0.15) is 23.7 Å². The zero-order valence-corrected chi connectivity index (χ0v) is 23.1. The topological polar surface area (TPSA) is 99.7 Å². The Labute approximate surface area is 233 Å². The Hall–Kier alpha value is -4.18. The molecule has 10 nitrogen and oxygen atoms in total. The highest BCUT2D eigenvalue weighted by atomic mass is 16.5. The second-order valence-electron chi connectivity index (χ2n) is 10.6. The number of fused-ring (bicyclic) bond motifs is 2. The number of H-pyrrole nitrogens is 1. The number of piperidine rings is 1. The molecule has 2 aliphatic rings. The summed E-state index contributed by atoms with van der Waals surface area (Å²) < 4.78 is 12.8. The van der Waals surface area contributed by atoms with E-state index in [0.29, 0.717) is 56.1 Å². The third-order valence-electron chi connectivity index (χ3n) is 8.02. The number of ether oxygens (including phenoxy) is 2. The average molecular weight is 542 g/mol. The van der Waals surface area contributed by atoms with Gasteiger partial charge in [-0.05, 0) is 63.2 Å². The molecule has 0 spiro atoms. The number of para-hydroxylation sites is 1. The number of anilines is 1. The van der Waals surface area contributed by atoms with Crippen LogP contribution >= 0.6 is 0 Å². The van der Waals surface area contributed by atoms with Crippen LogP contribution in [0.1, 0.15) is 24.8 Å². The van der Waals surface area contributed by atoms with Gasteiger partial charge in [-0.25, -0.2) is 0 Å². The van der Waals surface area contributed by atoms with E-state index < -0.39 is 0 Å². The number of aryl methyl sites for hydroxylation is 1. The molecule has 208 valence electrons. The predicted octanol–water partition coefficient (Wildman–Crippen LogP) is 4.30. The number of hydrogen-bond donors (Lipinski definition) is 1. The fourth-order valence-corrected chi connectivity index (χ4v) is 5.62. The number of hydrogen-bond acceptors (Lipinski definition) is 8. The number of carbonyl (C=O) groups is 1. The summed E-state index contributed by atoms with van der Waals surface area (Å²) in [5, 5.41) is 9.00. The lowest BCUT2D eigenvalue weighted by molar-refractivity contribution is -0.126.